The molecule has 2 aliphatic rings. The van der Waals surface area contributed by atoms with Crippen LogP contribution in [0.4, 0.5) is 11.4 Å². The minimum atomic E-state index is -0.719. The number of hydrogen-bond donors (Lipinski definition) is 1. The molecule has 2 aromatic carbocycles. The Morgan fingerprint density at radius 1 is 1.08 bits per heavy atom. The maximum Gasteiger partial charge on any atom is 0.143 e. The van der Waals surface area contributed by atoms with Crippen molar-refractivity contribution in [1.29, 1.82) is 0 Å². The van der Waals surface area contributed by atoms with E-state index < -0.39 is 12.1 Å². The van der Waals surface area contributed by atoms with E-state index in [2.05, 4.69) is 21.0 Å². The third-order valence-electron chi connectivity index (χ3n) is 5.08. The molecule has 2 aromatic rings. The number of aliphatic hydroxyl groups excluding tert-OH is 1. The number of anilines is 2. The molecule has 0 saturated heterocycles. The summed E-state index contributed by atoms with van der Waals surface area (Å²) in [6, 6.07) is 15.4. The summed E-state index contributed by atoms with van der Waals surface area (Å²) in [6.45, 7) is 0.492. The highest BCUT2D eigenvalue weighted by molar-refractivity contribution is 5.73. The van der Waals surface area contributed by atoms with Gasteiger partial charge in [0.25, 0.3) is 0 Å². The molecular formula is C19H20N4O2. The molecule has 1 saturated carbocycles. The molecule has 128 valence electrons. The minimum absolute atomic E-state index is 0.159. The van der Waals surface area contributed by atoms with E-state index in [9.17, 15) is 5.11 Å². The van der Waals surface area contributed by atoms with Crippen LogP contribution in [-0.2, 0) is 6.61 Å². The van der Waals surface area contributed by atoms with Crippen molar-refractivity contribution in [2.45, 2.75) is 44.1 Å². The van der Waals surface area contributed by atoms with Gasteiger partial charge in [-0.1, -0.05) is 41.9 Å². The molecule has 6 nitrogen and oxygen atoms in total. The van der Waals surface area contributed by atoms with Crippen LogP contribution in [0.15, 0.2) is 53.6 Å². The van der Waals surface area contributed by atoms with E-state index in [4.69, 9.17) is 10.3 Å². The predicted molar refractivity (Wildman–Crippen MR) is 95.9 cm³/mol. The Bertz CT molecular complexity index is 771. The summed E-state index contributed by atoms with van der Waals surface area (Å²) in [5.41, 5.74) is 11.9. The Hall–Kier alpha value is -2.69. The lowest BCUT2D eigenvalue weighted by Crippen LogP contribution is -2.49. The lowest BCUT2D eigenvalue weighted by Gasteiger charge is -2.41. The number of ether oxygens (including phenoxy) is 1. The van der Waals surface area contributed by atoms with Gasteiger partial charge in [0, 0.05) is 16.2 Å². The van der Waals surface area contributed by atoms with Crippen LogP contribution in [0, 0.1) is 0 Å². The number of aliphatic hydroxyl groups is 1. The summed E-state index contributed by atoms with van der Waals surface area (Å²) < 4.78 is 6.00. The van der Waals surface area contributed by atoms with E-state index >= 15 is 0 Å². The van der Waals surface area contributed by atoms with Crippen molar-refractivity contribution in [3.8, 4) is 5.75 Å². The van der Waals surface area contributed by atoms with Crippen LogP contribution in [0.1, 0.15) is 24.8 Å². The van der Waals surface area contributed by atoms with Gasteiger partial charge < -0.3 is 14.7 Å². The van der Waals surface area contributed by atoms with Crippen molar-refractivity contribution in [2.75, 3.05) is 4.90 Å². The molecular weight excluding hydrogens is 316 g/mol. The number of azide groups is 1. The number of fused-ring (bicyclic) bond motifs is 2. The number of rotatable bonds is 2. The lowest BCUT2D eigenvalue weighted by atomic mass is 9.86. The number of benzene rings is 2. The van der Waals surface area contributed by atoms with Crippen molar-refractivity contribution in [3.05, 3.63) is 64.5 Å². The average molecular weight is 336 g/mol. The Kier molecular flexibility index (Phi) is 4.22. The lowest BCUT2D eigenvalue weighted by molar-refractivity contribution is 0.0879. The van der Waals surface area contributed by atoms with Gasteiger partial charge >= 0.3 is 0 Å². The molecule has 4 rings (SSSR count). The van der Waals surface area contributed by atoms with Gasteiger partial charge in [-0.15, -0.1) is 0 Å². The first-order valence-electron chi connectivity index (χ1n) is 8.61. The van der Waals surface area contributed by atoms with Crippen molar-refractivity contribution < 1.29 is 9.84 Å². The minimum Gasteiger partial charge on any atom is -0.487 e. The van der Waals surface area contributed by atoms with Crippen LogP contribution in [0.5, 0.6) is 5.75 Å². The largest absolute Gasteiger partial charge is 0.487 e. The molecule has 25 heavy (non-hydrogen) atoms. The Morgan fingerprint density at radius 2 is 1.84 bits per heavy atom. The van der Waals surface area contributed by atoms with Crippen molar-refractivity contribution in [3.63, 3.8) is 0 Å². The standard InChI is InChI=1S/C19H20N4O2/c20-22-21-14-7-5-10-17(19(14)24)23-15-8-2-1-6-13(15)12-25-18-11-4-3-9-16(18)23/h1-4,6,8-9,11,14,17,19,24H,5,7,10,12H2/t14-,17+,19-/m1/s1. The molecule has 6 heteroatoms. The predicted octanol–water partition coefficient (Wildman–Crippen LogP) is 4.31. The SMILES string of the molecule is [N-]=[N+]=N[C@@H]1CCC[C@H](N2c3ccccc3COc3ccccc32)[C@@H]1O. The fourth-order valence-electron chi connectivity index (χ4n) is 3.90. The van der Waals surface area contributed by atoms with E-state index in [0.29, 0.717) is 6.61 Å². The zero-order valence-corrected chi connectivity index (χ0v) is 13.8. The molecule has 1 fully saturated rings. The van der Waals surface area contributed by atoms with Gasteiger partial charge in [-0.3, -0.25) is 0 Å². The van der Waals surface area contributed by atoms with Gasteiger partial charge in [0.05, 0.1) is 23.9 Å². The molecule has 1 heterocycles. The van der Waals surface area contributed by atoms with E-state index in [1.165, 1.54) is 0 Å². The molecule has 1 aliphatic heterocycles. The Morgan fingerprint density at radius 3 is 2.68 bits per heavy atom. The quantitative estimate of drug-likeness (QED) is 0.504. The summed E-state index contributed by atoms with van der Waals surface area (Å²) in [6.07, 6.45) is 1.74. The van der Waals surface area contributed by atoms with Gasteiger partial charge in [0.2, 0.25) is 0 Å². The fourth-order valence-corrected chi connectivity index (χ4v) is 3.90. The smallest absolute Gasteiger partial charge is 0.143 e. The molecule has 0 bridgehead atoms. The van der Waals surface area contributed by atoms with Crippen LogP contribution in [-0.4, -0.2) is 23.3 Å². The second-order valence-corrected chi connectivity index (χ2v) is 6.52. The third kappa shape index (κ3) is 2.80. The maximum absolute atomic E-state index is 10.9. The third-order valence-corrected chi connectivity index (χ3v) is 5.08. The van der Waals surface area contributed by atoms with Gasteiger partial charge in [0.1, 0.15) is 12.4 Å². The molecule has 0 unspecified atom stereocenters. The highest BCUT2D eigenvalue weighted by Gasteiger charge is 2.38. The summed E-state index contributed by atoms with van der Waals surface area (Å²) in [5, 5.41) is 14.7. The first-order valence-corrected chi connectivity index (χ1v) is 8.61. The molecule has 0 radical (unpaired) electrons. The first-order chi connectivity index (χ1) is 12.3. The van der Waals surface area contributed by atoms with Crippen molar-refractivity contribution >= 4 is 11.4 Å². The summed E-state index contributed by atoms with van der Waals surface area (Å²) in [4.78, 5) is 5.09. The zero-order valence-electron chi connectivity index (χ0n) is 13.8. The molecule has 0 aromatic heterocycles. The van der Waals surface area contributed by atoms with E-state index in [0.717, 1.165) is 42.0 Å². The van der Waals surface area contributed by atoms with E-state index in [-0.39, 0.29) is 6.04 Å². The van der Waals surface area contributed by atoms with Crippen LogP contribution < -0.4 is 9.64 Å². The van der Waals surface area contributed by atoms with Gasteiger partial charge in [-0.25, -0.2) is 0 Å². The molecule has 0 amide bonds. The molecule has 1 aliphatic carbocycles. The van der Waals surface area contributed by atoms with Crippen LogP contribution in [0.2, 0.25) is 0 Å². The van der Waals surface area contributed by atoms with E-state index in [1.54, 1.807) is 0 Å². The normalized spacial score (nSPS) is 25.0. The van der Waals surface area contributed by atoms with Crippen molar-refractivity contribution in [2.24, 2.45) is 5.11 Å². The second kappa shape index (κ2) is 6.67. The van der Waals surface area contributed by atoms with Gasteiger partial charge in [-0.2, -0.15) is 0 Å². The molecule has 1 N–H and O–H groups in total. The fraction of sp³-hybridized carbons (Fsp3) is 0.368. The monoisotopic (exact) mass is 336 g/mol. The number of para-hydroxylation sites is 3. The molecule has 3 atom stereocenters. The summed E-state index contributed by atoms with van der Waals surface area (Å²) in [7, 11) is 0. The number of nitrogens with zero attached hydrogens (tertiary/aromatic N) is 4. The Balaban J connectivity index is 1.83. The topological polar surface area (TPSA) is 81.5 Å². The van der Waals surface area contributed by atoms with Crippen molar-refractivity contribution in [1.82, 2.24) is 0 Å². The Labute approximate surface area is 146 Å². The first kappa shape index (κ1) is 15.8. The highest BCUT2D eigenvalue weighted by Crippen LogP contribution is 2.43. The van der Waals surface area contributed by atoms with Crippen LogP contribution in [0.25, 0.3) is 10.4 Å². The van der Waals surface area contributed by atoms with Crippen LogP contribution >= 0.6 is 0 Å². The summed E-state index contributed by atoms with van der Waals surface area (Å²) in [5.74, 6) is 0.803. The van der Waals surface area contributed by atoms with E-state index in [1.807, 2.05) is 42.5 Å². The number of hydrogen-bond acceptors (Lipinski definition) is 4. The second-order valence-electron chi connectivity index (χ2n) is 6.52. The molecule has 0 spiro atoms. The maximum atomic E-state index is 10.9. The highest BCUT2D eigenvalue weighted by atomic mass is 16.5. The zero-order chi connectivity index (χ0) is 17.2. The van der Waals surface area contributed by atoms with Gasteiger partial charge in [-0.05, 0) is 36.6 Å². The van der Waals surface area contributed by atoms with Crippen LogP contribution in [0.3, 0.4) is 0 Å². The average Bonchev–Trinajstić information content (AvgIpc) is 2.81. The van der Waals surface area contributed by atoms with Gasteiger partial charge in [0.15, 0.2) is 0 Å². The summed E-state index contributed by atoms with van der Waals surface area (Å²) >= 11 is 0.